The van der Waals surface area contributed by atoms with Crippen molar-refractivity contribution in [3.8, 4) is 5.75 Å². The van der Waals surface area contributed by atoms with Crippen LogP contribution in [0.5, 0.6) is 5.75 Å². The topological polar surface area (TPSA) is 63.2 Å². The number of nitrogens with zero attached hydrogens (tertiary/aromatic N) is 2. The fourth-order valence-corrected chi connectivity index (χ4v) is 2.59. The molecule has 0 spiro atoms. The van der Waals surface area contributed by atoms with Crippen LogP contribution in [0.3, 0.4) is 0 Å². The monoisotopic (exact) mass is 405 g/mol. The molecule has 0 atom stereocenters. The third kappa shape index (κ3) is 7.58. The lowest BCUT2D eigenvalue weighted by Gasteiger charge is -2.18. The van der Waals surface area contributed by atoms with E-state index >= 15 is 0 Å². The number of benzene rings is 2. The predicted molar refractivity (Wildman–Crippen MR) is 110 cm³/mol. The molecule has 0 unspecified atom stereocenters. The zero-order valence-electron chi connectivity index (χ0n) is 17.5. The molecule has 7 heteroatoms. The van der Waals surface area contributed by atoms with Crippen molar-refractivity contribution in [1.82, 2.24) is 4.90 Å². The van der Waals surface area contributed by atoms with E-state index in [1.54, 1.807) is 31.4 Å². The number of hydrogen-bond donors (Lipinski definition) is 1. The predicted octanol–water partition coefficient (Wildman–Crippen LogP) is 1.50. The van der Waals surface area contributed by atoms with Crippen LogP contribution >= 0.6 is 0 Å². The van der Waals surface area contributed by atoms with Crippen molar-refractivity contribution in [1.29, 1.82) is 0 Å². The van der Waals surface area contributed by atoms with Crippen LogP contribution in [0.15, 0.2) is 59.8 Å². The van der Waals surface area contributed by atoms with E-state index in [4.69, 9.17) is 9.57 Å². The van der Waals surface area contributed by atoms with Crippen molar-refractivity contribution in [3.63, 3.8) is 0 Å². The summed E-state index contributed by atoms with van der Waals surface area (Å²) in [6, 6.07) is 16.8. The fourth-order valence-electron chi connectivity index (χ4n) is 2.59. The Hall–Kier alpha value is -2.57. The minimum Gasteiger partial charge on any atom is -1.00 e. The van der Waals surface area contributed by atoms with Crippen molar-refractivity contribution in [2.75, 3.05) is 32.1 Å². The number of hydrogen-bond acceptors (Lipinski definition) is 5. The van der Waals surface area contributed by atoms with E-state index < -0.39 is 6.09 Å². The van der Waals surface area contributed by atoms with Gasteiger partial charge in [0, 0.05) is 18.7 Å². The van der Waals surface area contributed by atoms with E-state index in [0.29, 0.717) is 12.1 Å². The normalized spacial score (nSPS) is 10.9. The van der Waals surface area contributed by atoms with Crippen molar-refractivity contribution in [2.24, 2.45) is 5.16 Å². The molecule has 0 aliphatic rings. The van der Waals surface area contributed by atoms with E-state index in [1.165, 1.54) is 0 Å². The van der Waals surface area contributed by atoms with Gasteiger partial charge in [-0.2, -0.15) is 0 Å². The van der Waals surface area contributed by atoms with Gasteiger partial charge in [-0.05, 0) is 42.9 Å². The Morgan fingerprint density at radius 3 is 2.29 bits per heavy atom. The molecule has 2 aromatic carbocycles. The standard InChI is InChI=1S/C21H27N3O3.ClH/c1-4-24(5-2)16-15-20(17-9-7-6-8-10-17)23-27-21(25)22-18-11-13-19(26-3)14-12-18;/h6-14H,4-5,15-16H2,1-3H3,(H,22,25);1H. The van der Waals surface area contributed by atoms with Crippen LogP contribution in [0.4, 0.5) is 10.5 Å². The van der Waals surface area contributed by atoms with E-state index in [-0.39, 0.29) is 13.8 Å². The molecule has 1 amide bonds. The van der Waals surface area contributed by atoms with Crippen molar-refractivity contribution >= 4 is 17.5 Å². The number of amides is 1. The lowest BCUT2D eigenvalue weighted by atomic mass is 10.1. The first kappa shape index (κ1) is 23.5. The maximum absolute atomic E-state index is 12.1. The van der Waals surface area contributed by atoms with Gasteiger partial charge in [0.05, 0.1) is 12.8 Å². The van der Waals surface area contributed by atoms with Gasteiger partial charge in [-0.3, -0.25) is 10.2 Å². The Morgan fingerprint density at radius 2 is 1.71 bits per heavy atom. The summed E-state index contributed by atoms with van der Waals surface area (Å²) in [5.41, 5.74) is 2.30. The van der Waals surface area contributed by atoms with E-state index in [1.807, 2.05) is 30.3 Å². The molecule has 0 radical (unpaired) electrons. The molecule has 28 heavy (non-hydrogen) atoms. The molecule has 0 aliphatic carbocycles. The molecule has 0 aliphatic heterocycles. The first-order chi connectivity index (χ1) is 13.2. The summed E-state index contributed by atoms with van der Waals surface area (Å²) < 4.78 is 5.10. The SMILES string of the molecule is CCN(CC)CCC(=NOC(=O)Nc1ccc(OC)cc1)c1ccccc1.[Cl-].[H+]. The van der Waals surface area contributed by atoms with E-state index in [0.717, 1.165) is 36.7 Å². The molecular weight excluding hydrogens is 378 g/mol. The molecule has 0 saturated heterocycles. The molecule has 0 fully saturated rings. The van der Waals surface area contributed by atoms with Gasteiger partial charge in [-0.1, -0.05) is 49.3 Å². The first-order valence-electron chi connectivity index (χ1n) is 9.13. The van der Waals surface area contributed by atoms with Crippen LogP contribution in [-0.4, -0.2) is 43.4 Å². The summed E-state index contributed by atoms with van der Waals surface area (Å²) in [7, 11) is 1.59. The second-order valence-electron chi connectivity index (χ2n) is 5.91. The van der Waals surface area contributed by atoms with Gasteiger partial charge < -0.3 is 22.0 Å². The summed E-state index contributed by atoms with van der Waals surface area (Å²) in [6.07, 6.45) is 0.0676. The summed E-state index contributed by atoms with van der Waals surface area (Å²) in [5, 5.41) is 6.77. The number of ether oxygens (including phenoxy) is 1. The molecule has 152 valence electrons. The molecule has 1 N–H and O–H groups in total. The van der Waals surface area contributed by atoms with Crippen LogP contribution in [0.1, 0.15) is 27.3 Å². The number of anilines is 1. The number of carbonyl (C=O) groups excluding carboxylic acids is 1. The number of carbonyl (C=O) groups is 1. The van der Waals surface area contributed by atoms with Gasteiger partial charge >= 0.3 is 7.52 Å². The smallest absolute Gasteiger partial charge is 1.00 e. The fraction of sp³-hybridized carbons (Fsp3) is 0.333. The highest BCUT2D eigenvalue weighted by Crippen LogP contribution is 2.15. The van der Waals surface area contributed by atoms with Crippen LogP contribution in [0.2, 0.25) is 0 Å². The Bertz CT molecular complexity index is 739. The molecule has 2 aromatic rings. The van der Waals surface area contributed by atoms with Gasteiger partial charge in [0.2, 0.25) is 0 Å². The second-order valence-corrected chi connectivity index (χ2v) is 5.91. The quantitative estimate of drug-likeness (QED) is 0.390. The highest BCUT2D eigenvalue weighted by molar-refractivity contribution is 6.00. The van der Waals surface area contributed by atoms with Crippen molar-refractivity contribution in [2.45, 2.75) is 20.3 Å². The largest absolute Gasteiger partial charge is 1.00 e. The minimum absolute atomic E-state index is 0. The lowest BCUT2D eigenvalue weighted by Crippen LogP contribution is -3.00. The van der Waals surface area contributed by atoms with Gasteiger partial charge in [0.25, 0.3) is 0 Å². The maximum Gasteiger partial charge on any atom is 1.00 e. The molecule has 6 nitrogen and oxygen atoms in total. The van der Waals surface area contributed by atoms with Crippen LogP contribution in [0, 0.1) is 0 Å². The summed E-state index contributed by atoms with van der Waals surface area (Å²) in [6.45, 7) is 7.04. The van der Waals surface area contributed by atoms with Crippen molar-refractivity contribution in [3.05, 3.63) is 60.2 Å². The number of methoxy groups -OCH3 is 1. The zero-order chi connectivity index (χ0) is 19.5. The maximum atomic E-state index is 12.1. The van der Waals surface area contributed by atoms with Gasteiger partial charge in [-0.25, -0.2) is 4.79 Å². The average molecular weight is 406 g/mol. The van der Waals surface area contributed by atoms with Crippen LogP contribution in [0.25, 0.3) is 0 Å². The molecule has 2 rings (SSSR count). The molecule has 0 saturated carbocycles. The Kier molecular flexibility index (Phi) is 10.7. The Labute approximate surface area is 174 Å². The first-order valence-corrected chi connectivity index (χ1v) is 9.13. The van der Waals surface area contributed by atoms with Gasteiger partial charge in [0.1, 0.15) is 5.75 Å². The zero-order valence-corrected chi connectivity index (χ0v) is 17.3. The Balaban J connectivity index is 0.00000392. The van der Waals surface area contributed by atoms with Gasteiger partial charge in [0.15, 0.2) is 0 Å². The number of nitrogens with one attached hydrogen (secondary N) is 1. The third-order valence-electron chi connectivity index (χ3n) is 4.24. The van der Waals surface area contributed by atoms with Crippen LogP contribution in [-0.2, 0) is 4.84 Å². The average Bonchev–Trinajstić information content (AvgIpc) is 2.72. The lowest BCUT2D eigenvalue weighted by molar-refractivity contribution is -0.0000109. The number of rotatable bonds is 9. The summed E-state index contributed by atoms with van der Waals surface area (Å²) >= 11 is 0. The minimum atomic E-state index is -0.628. The summed E-state index contributed by atoms with van der Waals surface area (Å²) in [5.74, 6) is 0.717. The molecular formula is C21H28ClN3O3. The second kappa shape index (κ2) is 12.8. The number of oxime groups is 1. The highest BCUT2D eigenvalue weighted by Gasteiger charge is 2.09. The molecule has 0 aromatic heterocycles. The highest BCUT2D eigenvalue weighted by atomic mass is 35.5. The van der Waals surface area contributed by atoms with Crippen molar-refractivity contribution < 1.29 is 28.2 Å². The van der Waals surface area contributed by atoms with E-state index in [9.17, 15) is 4.79 Å². The van der Waals surface area contributed by atoms with E-state index in [2.05, 4.69) is 29.2 Å². The third-order valence-corrected chi connectivity index (χ3v) is 4.24. The Morgan fingerprint density at radius 1 is 1.07 bits per heavy atom. The summed E-state index contributed by atoms with van der Waals surface area (Å²) in [4.78, 5) is 19.5. The van der Waals surface area contributed by atoms with Gasteiger partial charge in [-0.15, -0.1) is 0 Å². The molecule has 0 heterocycles. The van der Waals surface area contributed by atoms with Crippen LogP contribution < -0.4 is 22.5 Å². The molecule has 0 bridgehead atoms. The number of halogens is 1.